The van der Waals surface area contributed by atoms with Crippen molar-refractivity contribution < 1.29 is 4.79 Å². The maximum absolute atomic E-state index is 12.6. The third kappa shape index (κ3) is 3.65. The molecule has 0 aliphatic carbocycles. The molecule has 7 heteroatoms. The van der Waals surface area contributed by atoms with Crippen LogP contribution in [-0.2, 0) is 0 Å². The van der Waals surface area contributed by atoms with Gasteiger partial charge >= 0.3 is 0 Å². The van der Waals surface area contributed by atoms with Crippen LogP contribution in [-0.4, -0.2) is 59.0 Å². The number of hydrogen-bond acceptors (Lipinski definition) is 6. The molecule has 1 amide bonds. The minimum atomic E-state index is 0.00251. The highest BCUT2D eigenvalue weighted by Crippen LogP contribution is 2.27. The molecule has 1 saturated heterocycles. The molecule has 2 rings (SSSR count). The van der Waals surface area contributed by atoms with Crippen LogP contribution < -0.4 is 11.1 Å². The van der Waals surface area contributed by atoms with E-state index in [4.69, 9.17) is 5.73 Å². The monoisotopic (exact) mass is 311 g/mol. The van der Waals surface area contributed by atoms with Crippen molar-refractivity contribution in [3.05, 3.63) is 4.88 Å². The van der Waals surface area contributed by atoms with Gasteiger partial charge in [0.15, 0.2) is 5.13 Å². The highest BCUT2D eigenvalue weighted by molar-refractivity contribution is 7.18. The molecule has 21 heavy (non-hydrogen) atoms. The Morgan fingerprint density at radius 3 is 2.48 bits per heavy atom. The molecular weight excluding hydrogens is 286 g/mol. The predicted octanol–water partition coefficient (Wildman–Crippen LogP) is 1.71. The molecule has 0 unspecified atom stereocenters. The average molecular weight is 311 g/mol. The van der Waals surface area contributed by atoms with Gasteiger partial charge in [-0.05, 0) is 27.7 Å². The van der Waals surface area contributed by atoms with Crippen molar-refractivity contribution in [2.24, 2.45) is 0 Å². The Morgan fingerprint density at radius 2 is 1.95 bits per heavy atom. The van der Waals surface area contributed by atoms with Crippen molar-refractivity contribution in [2.75, 3.05) is 43.8 Å². The zero-order chi connectivity index (χ0) is 15.6. The SMILES string of the molecule is CCNc1nc(N)c(C(=O)N2CCN(C(C)(C)C)CC2)s1. The van der Waals surface area contributed by atoms with Gasteiger partial charge in [0.2, 0.25) is 0 Å². The van der Waals surface area contributed by atoms with Crippen LogP contribution in [0, 0.1) is 0 Å². The van der Waals surface area contributed by atoms with Gasteiger partial charge in [-0.15, -0.1) is 0 Å². The first-order valence-electron chi connectivity index (χ1n) is 7.37. The number of hydrogen-bond donors (Lipinski definition) is 2. The molecule has 1 aromatic rings. The van der Waals surface area contributed by atoms with Crippen LogP contribution >= 0.6 is 11.3 Å². The van der Waals surface area contributed by atoms with Crippen LogP contribution in [0.25, 0.3) is 0 Å². The summed E-state index contributed by atoms with van der Waals surface area (Å²) in [4.78, 5) is 21.6. The van der Waals surface area contributed by atoms with E-state index >= 15 is 0 Å². The molecule has 1 fully saturated rings. The van der Waals surface area contributed by atoms with E-state index in [1.807, 2.05) is 11.8 Å². The molecule has 0 saturated carbocycles. The second-order valence-corrected chi connectivity index (χ2v) is 7.21. The molecule has 3 N–H and O–H groups in total. The summed E-state index contributed by atoms with van der Waals surface area (Å²) in [6, 6.07) is 0. The van der Waals surface area contributed by atoms with Gasteiger partial charge in [-0.2, -0.15) is 0 Å². The highest BCUT2D eigenvalue weighted by atomic mass is 32.1. The Hall–Kier alpha value is -1.34. The Bertz CT molecular complexity index is 500. The topological polar surface area (TPSA) is 74.5 Å². The summed E-state index contributed by atoms with van der Waals surface area (Å²) in [5.74, 6) is 0.335. The first-order valence-corrected chi connectivity index (χ1v) is 8.19. The molecule has 6 nitrogen and oxygen atoms in total. The smallest absolute Gasteiger partial charge is 0.267 e. The molecule has 0 radical (unpaired) electrons. The number of nitrogens with zero attached hydrogens (tertiary/aromatic N) is 3. The van der Waals surface area contributed by atoms with Gasteiger partial charge in [0.1, 0.15) is 10.7 Å². The van der Waals surface area contributed by atoms with E-state index < -0.39 is 0 Å². The summed E-state index contributed by atoms with van der Waals surface area (Å²) in [5.41, 5.74) is 6.03. The summed E-state index contributed by atoms with van der Waals surface area (Å²) in [5, 5.41) is 3.82. The minimum Gasteiger partial charge on any atom is -0.382 e. The molecular formula is C14H25N5OS. The fourth-order valence-electron chi connectivity index (χ4n) is 2.44. The quantitative estimate of drug-likeness (QED) is 0.889. The van der Waals surface area contributed by atoms with E-state index in [1.165, 1.54) is 11.3 Å². The minimum absolute atomic E-state index is 0.00251. The van der Waals surface area contributed by atoms with Crippen molar-refractivity contribution >= 4 is 28.2 Å². The Balaban J connectivity index is 2.02. The largest absolute Gasteiger partial charge is 0.382 e. The summed E-state index contributed by atoms with van der Waals surface area (Å²) in [6.07, 6.45) is 0. The first-order chi connectivity index (χ1) is 9.82. The normalized spacial score (nSPS) is 17.0. The zero-order valence-corrected chi connectivity index (χ0v) is 14.1. The summed E-state index contributed by atoms with van der Waals surface area (Å²) in [7, 11) is 0. The van der Waals surface area contributed by atoms with E-state index in [1.54, 1.807) is 0 Å². The molecule has 0 atom stereocenters. The molecule has 0 aromatic carbocycles. The highest BCUT2D eigenvalue weighted by Gasteiger charge is 2.29. The number of anilines is 2. The third-order valence-electron chi connectivity index (χ3n) is 3.69. The lowest BCUT2D eigenvalue weighted by Crippen LogP contribution is -2.54. The first kappa shape index (κ1) is 16.0. The lowest BCUT2D eigenvalue weighted by atomic mass is 10.0. The van der Waals surface area contributed by atoms with Gasteiger partial charge in [-0.3, -0.25) is 9.69 Å². The average Bonchev–Trinajstić information content (AvgIpc) is 2.78. The van der Waals surface area contributed by atoms with Gasteiger partial charge in [-0.25, -0.2) is 4.98 Å². The van der Waals surface area contributed by atoms with Gasteiger partial charge in [0.05, 0.1) is 0 Å². The van der Waals surface area contributed by atoms with E-state index in [-0.39, 0.29) is 11.4 Å². The van der Waals surface area contributed by atoms with Crippen LogP contribution in [0.3, 0.4) is 0 Å². The van der Waals surface area contributed by atoms with Gasteiger partial charge in [-0.1, -0.05) is 11.3 Å². The van der Waals surface area contributed by atoms with Gasteiger partial charge in [0, 0.05) is 38.3 Å². The van der Waals surface area contributed by atoms with Crippen LogP contribution in [0.15, 0.2) is 0 Å². The Morgan fingerprint density at radius 1 is 1.33 bits per heavy atom. The molecule has 0 spiro atoms. The number of nitrogens with one attached hydrogen (secondary N) is 1. The van der Waals surface area contributed by atoms with E-state index in [2.05, 4.69) is 36.0 Å². The molecule has 1 aliphatic rings. The van der Waals surface area contributed by atoms with Crippen molar-refractivity contribution in [2.45, 2.75) is 33.2 Å². The Kier molecular flexibility index (Phi) is 4.73. The van der Waals surface area contributed by atoms with Crippen LogP contribution in [0.2, 0.25) is 0 Å². The molecule has 0 bridgehead atoms. The molecule has 1 aliphatic heterocycles. The van der Waals surface area contributed by atoms with Crippen LogP contribution in [0.4, 0.5) is 10.9 Å². The predicted molar refractivity (Wildman–Crippen MR) is 87.9 cm³/mol. The molecule has 118 valence electrons. The number of piperazine rings is 1. The zero-order valence-electron chi connectivity index (χ0n) is 13.3. The number of rotatable bonds is 3. The summed E-state index contributed by atoms with van der Waals surface area (Å²) < 4.78 is 0. The number of thiazole rings is 1. The lowest BCUT2D eigenvalue weighted by molar-refractivity contribution is 0.0455. The standard InChI is InChI=1S/C14H25N5OS/c1-5-16-13-17-11(15)10(21-13)12(20)18-6-8-19(9-7-18)14(2,3)4/h5-9,15H2,1-4H3,(H,16,17). The van der Waals surface area contributed by atoms with Crippen molar-refractivity contribution in [3.8, 4) is 0 Å². The van der Waals surface area contributed by atoms with E-state index in [9.17, 15) is 4.79 Å². The number of nitrogens with two attached hydrogens (primary N) is 1. The van der Waals surface area contributed by atoms with Crippen molar-refractivity contribution in [1.82, 2.24) is 14.8 Å². The summed E-state index contributed by atoms with van der Waals surface area (Å²) >= 11 is 1.34. The number of amides is 1. The fourth-order valence-corrected chi connectivity index (χ4v) is 3.36. The number of aromatic nitrogens is 1. The maximum atomic E-state index is 12.6. The van der Waals surface area contributed by atoms with Crippen LogP contribution in [0.1, 0.15) is 37.4 Å². The van der Waals surface area contributed by atoms with E-state index in [0.717, 1.165) is 32.7 Å². The lowest BCUT2D eigenvalue weighted by Gasteiger charge is -2.42. The Labute approximate surface area is 130 Å². The maximum Gasteiger partial charge on any atom is 0.267 e. The second kappa shape index (κ2) is 6.19. The molecule has 2 heterocycles. The third-order valence-corrected chi connectivity index (χ3v) is 4.71. The van der Waals surface area contributed by atoms with Crippen molar-refractivity contribution in [3.63, 3.8) is 0 Å². The van der Waals surface area contributed by atoms with Gasteiger partial charge in [0.25, 0.3) is 5.91 Å². The summed E-state index contributed by atoms with van der Waals surface area (Å²) in [6.45, 7) is 12.6. The van der Waals surface area contributed by atoms with Crippen LogP contribution in [0.5, 0.6) is 0 Å². The number of carbonyl (C=O) groups excluding carboxylic acids is 1. The van der Waals surface area contributed by atoms with E-state index in [0.29, 0.717) is 15.8 Å². The molecule has 1 aromatic heterocycles. The second-order valence-electron chi connectivity index (χ2n) is 6.21. The number of carbonyl (C=O) groups is 1. The van der Waals surface area contributed by atoms with Crippen molar-refractivity contribution in [1.29, 1.82) is 0 Å². The fraction of sp³-hybridized carbons (Fsp3) is 0.714. The van der Waals surface area contributed by atoms with Gasteiger partial charge < -0.3 is 16.0 Å². The number of nitrogen functional groups attached to an aromatic ring is 1.